The summed E-state index contributed by atoms with van der Waals surface area (Å²) in [6.07, 6.45) is 0.576. The second-order valence-corrected chi connectivity index (χ2v) is 3.64. The predicted molar refractivity (Wildman–Crippen MR) is 48.3 cm³/mol. The minimum Gasteiger partial charge on any atom is -0.376 e. The van der Waals surface area contributed by atoms with Gasteiger partial charge in [0.05, 0.1) is 25.4 Å². The molecule has 1 saturated heterocycles. The summed E-state index contributed by atoms with van der Waals surface area (Å²) >= 11 is 0. The highest BCUT2D eigenvalue weighted by Crippen LogP contribution is 2.04. The van der Waals surface area contributed by atoms with Crippen molar-refractivity contribution in [2.75, 3.05) is 33.4 Å². The van der Waals surface area contributed by atoms with E-state index >= 15 is 0 Å². The average molecular weight is 173 g/mol. The summed E-state index contributed by atoms with van der Waals surface area (Å²) in [6, 6.07) is 0. The van der Waals surface area contributed by atoms with Gasteiger partial charge in [0.2, 0.25) is 0 Å². The third kappa shape index (κ3) is 3.52. The molecule has 3 heteroatoms. The smallest absolute Gasteiger partial charge is 0.0935 e. The number of nitrogens with zero attached hydrogens (tertiary/aromatic N) is 1. The zero-order valence-electron chi connectivity index (χ0n) is 8.25. The maximum atomic E-state index is 5.53. The van der Waals surface area contributed by atoms with Crippen LogP contribution in [0.15, 0.2) is 0 Å². The van der Waals surface area contributed by atoms with Gasteiger partial charge in [-0.05, 0) is 20.9 Å². The zero-order valence-corrected chi connectivity index (χ0v) is 8.25. The molecule has 0 bridgehead atoms. The Hall–Kier alpha value is -0.120. The van der Waals surface area contributed by atoms with Crippen LogP contribution in [0.5, 0.6) is 0 Å². The molecule has 0 aromatic carbocycles. The van der Waals surface area contributed by atoms with Crippen molar-refractivity contribution < 1.29 is 9.47 Å². The second kappa shape index (κ2) is 4.80. The number of likely N-dealkylation sites (N-methyl/N-ethyl adjacent to an activating group) is 1. The molecule has 72 valence electrons. The van der Waals surface area contributed by atoms with Crippen molar-refractivity contribution in [1.82, 2.24) is 4.90 Å². The summed E-state index contributed by atoms with van der Waals surface area (Å²) in [5.74, 6) is 0. The molecule has 0 amide bonds. The number of hydrogen-bond donors (Lipinski definition) is 0. The van der Waals surface area contributed by atoms with E-state index in [9.17, 15) is 0 Å². The van der Waals surface area contributed by atoms with Crippen LogP contribution in [0.2, 0.25) is 0 Å². The van der Waals surface area contributed by atoms with Crippen LogP contribution in [0.3, 0.4) is 0 Å². The van der Waals surface area contributed by atoms with Crippen LogP contribution in [0.1, 0.15) is 13.8 Å². The van der Waals surface area contributed by atoms with E-state index in [2.05, 4.69) is 11.9 Å². The number of hydrogen-bond acceptors (Lipinski definition) is 3. The van der Waals surface area contributed by atoms with Crippen LogP contribution < -0.4 is 0 Å². The van der Waals surface area contributed by atoms with E-state index in [1.807, 2.05) is 13.8 Å². The van der Waals surface area contributed by atoms with Crippen LogP contribution in [-0.2, 0) is 9.47 Å². The topological polar surface area (TPSA) is 21.7 Å². The lowest BCUT2D eigenvalue weighted by Crippen LogP contribution is -2.42. The van der Waals surface area contributed by atoms with Crippen molar-refractivity contribution in [2.24, 2.45) is 0 Å². The summed E-state index contributed by atoms with van der Waals surface area (Å²) in [7, 11) is 2.12. The van der Waals surface area contributed by atoms with Gasteiger partial charge in [-0.25, -0.2) is 0 Å². The minimum atomic E-state index is 0.270. The fourth-order valence-electron chi connectivity index (χ4n) is 1.27. The van der Waals surface area contributed by atoms with E-state index in [1.165, 1.54) is 0 Å². The molecule has 1 rings (SSSR count). The predicted octanol–water partition coefficient (Wildman–Crippen LogP) is 0.742. The SMILES string of the molecule is CC(C)OC[C@@H]1CN(C)CCO1. The molecular formula is C9H19NO2. The number of morpholine rings is 1. The monoisotopic (exact) mass is 173 g/mol. The lowest BCUT2D eigenvalue weighted by molar-refractivity contribution is -0.0744. The third-order valence-electron chi connectivity index (χ3n) is 1.96. The standard InChI is InChI=1S/C9H19NO2/c1-8(2)12-7-9-6-10(3)4-5-11-9/h8-9H,4-7H2,1-3H3/t9-/m0/s1. The Balaban J connectivity index is 2.14. The molecule has 0 aromatic rings. The number of ether oxygens (including phenoxy) is 2. The highest BCUT2D eigenvalue weighted by atomic mass is 16.5. The van der Waals surface area contributed by atoms with E-state index in [4.69, 9.17) is 9.47 Å². The molecule has 1 heterocycles. The van der Waals surface area contributed by atoms with E-state index in [1.54, 1.807) is 0 Å². The van der Waals surface area contributed by atoms with Crippen LogP contribution in [0, 0.1) is 0 Å². The van der Waals surface area contributed by atoms with Gasteiger partial charge in [-0.1, -0.05) is 0 Å². The van der Waals surface area contributed by atoms with Crippen molar-refractivity contribution in [3.63, 3.8) is 0 Å². The summed E-state index contributed by atoms with van der Waals surface area (Å²) in [5.41, 5.74) is 0. The Kier molecular flexibility index (Phi) is 3.98. The van der Waals surface area contributed by atoms with Crippen molar-refractivity contribution in [3.05, 3.63) is 0 Å². The third-order valence-corrected chi connectivity index (χ3v) is 1.96. The first-order chi connectivity index (χ1) is 5.68. The lowest BCUT2D eigenvalue weighted by atomic mass is 10.3. The first-order valence-electron chi connectivity index (χ1n) is 4.60. The molecule has 0 N–H and O–H groups in total. The summed E-state index contributed by atoms with van der Waals surface area (Å²) in [6.45, 7) is 7.69. The van der Waals surface area contributed by atoms with Gasteiger partial charge < -0.3 is 14.4 Å². The molecule has 1 aliphatic heterocycles. The zero-order chi connectivity index (χ0) is 8.97. The molecule has 1 aliphatic rings. The molecule has 0 aromatic heterocycles. The lowest BCUT2D eigenvalue weighted by Gasteiger charge is -2.30. The van der Waals surface area contributed by atoms with Gasteiger partial charge in [-0.2, -0.15) is 0 Å². The summed E-state index contributed by atoms with van der Waals surface area (Å²) < 4.78 is 11.0. The van der Waals surface area contributed by atoms with E-state index in [0.717, 1.165) is 26.3 Å². The minimum absolute atomic E-state index is 0.270. The van der Waals surface area contributed by atoms with E-state index in [-0.39, 0.29) is 6.10 Å². The Morgan fingerprint density at radius 3 is 2.92 bits per heavy atom. The largest absolute Gasteiger partial charge is 0.376 e. The van der Waals surface area contributed by atoms with E-state index < -0.39 is 0 Å². The first-order valence-corrected chi connectivity index (χ1v) is 4.60. The summed E-state index contributed by atoms with van der Waals surface area (Å²) in [4.78, 5) is 2.28. The van der Waals surface area contributed by atoms with Gasteiger partial charge in [0.15, 0.2) is 0 Å². The molecule has 12 heavy (non-hydrogen) atoms. The van der Waals surface area contributed by atoms with Gasteiger partial charge in [0, 0.05) is 13.1 Å². The molecule has 0 aliphatic carbocycles. The quantitative estimate of drug-likeness (QED) is 0.628. The van der Waals surface area contributed by atoms with Gasteiger partial charge in [0.25, 0.3) is 0 Å². The van der Waals surface area contributed by atoms with Gasteiger partial charge >= 0.3 is 0 Å². The fraction of sp³-hybridized carbons (Fsp3) is 1.00. The molecule has 0 radical (unpaired) electrons. The van der Waals surface area contributed by atoms with Crippen molar-refractivity contribution in [3.8, 4) is 0 Å². The van der Waals surface area contributed by atoms with Crippen LogP contribution in [0.25, 0.3) is 0 Å². The molecular weight excluding hydrogens is 154 g/mol. The Morgan fingerprint density at radius 1 is 1.58 bits per heavy atom. The number of rotatable bonds is 3. The van der Waals surface area contributed by atoms with Gasteiger partial charge in [0.1, 0.15) is 0 Å². The molecule has 0 saturated carbocycles. The Bertz CT molecular complexity index is 128. The van der Waals surface area contributed by atoms with Gasteiger partial charge in [-0.3, -0.25) is 0 Å². The fourth-order valence-corrected chi connectivity index (χ4v) is 1.27. The maximum Gasteiger partial charge on any atom is 0.0935 e. The van der Waals surface area contributed by atoms with Crippen LogP contribution in [0.4, 0.5) is 0 Å². The Morgan fingerprint density at radius 2 is 2.33 bits per heavy atom. The molecule has 0 spiro atoms. The van der Waals surface area contributed by atoms with Gasteiger partial charge in [-0.15, -0.1) is 0 Å². The Labute approximate surface area is 74.6 Å². The maximum absolute atomic E-state index is 5.53. The van der Waals surface area contributed by atoms with Crippen molar-refractivity contribution in [1.29, 1.82) is 0 Å². The molecule has 1 fully saturated rings. The summed E-state index contributed by atoms with van der Waals surface area (Å²) in [5, 5.41) is 0. The van der Waals surface area contributed by atoms with Crippen molar-refractivity contribution in [2.45, 2.75) is 26.1 Å². The normalized spacial score (nSPS) is 26.5. The molecule has 3 nitrogen and oxygen atoms in total. The molecule has 0 unspecified atom stereocenters. The van der Waals surface area contributed by atoms with Crippen LogP contribution >= 0.6 is 0 Å². The first kappa shape index (κ1) is 9.96. The molecule has 1 atom stereocenters. The highest BCUT2D eigenvalue weighted by Gasteiger charge is 2.17. The van der Waals surface area contributed by atoms with E-state index in [0.29, 0.717) is 6.10 Å². The van der Waals surface area contributed by atoms with Crippen molar-refractivity contribution >= 4 is 0 Å². The highest BCUT2D eigenvalue weighted by molar-refractivity contribution is 4.68. The second-order valence-electron chi connectivity index (χ2n) is 3.64. The van der Waals surface area contributed by atoms with Crippen LogP contribution in [-0.4, -0.2) is 50.5 Å². The average Bonchev–Trinajstić information content (AvgIpc) is 2.01.